The van der Waals surface area contributed by atoms with Gasteiger partial charge in [0.05, 0.1) is 12.3 Å². The fraction of sp³-hybridized carbons (Fsp3) is 0.538. The van der Waals surface area contributed by atoms with Gasteiger partial charge in [0.15, 0.2) is 5.65 Å². The number of hydrogen-bond acceptors (Lipinski definition) is 4. The molecule has 0 aliphatic carbocycles. The van der Waals surface area contributed by atoms with Crippen LogP contribution in [0, 0.1) is 0 Å². The molecule has 0 unspecified atom stereocenters. The quantitative estimate of drug-likeness (QED) is 0.697. The van der Waals surface area contributed by atoms with E-state index in [1.54, 1.807) is 6.07 Å². The van der Waals surface area contributed by atoms with E-state index < -0.39 is 11.9 Å². The highest BCUT2D eigenvalue weighted by Crippen LogP contribution is 2.32. The predicted octanol–water partition coefficient (Wildman–Crippen LogP) is 3.13. The Kier molecular flexibility index (Phi) is 4.21. The minimum Gasteiger partial charge on any atom is -0.396 e. The van der Waals surface area contributed by atoms with E-state index in [1.165, 1.54) is 4.52 Å². The van der Waals surface area contributed by atoms with Crippen LogP contribution in [-0.2, 0) is 11.6 Å². The first-order valence-corrected chi connectivity index (χ1v) is 7.33. The van der Waals surface area contributed by atoms with Crippen molar-refractivity contribution in [3.05, 3.63) is 23.5 Å². The zero-order valence-electron chi connectivity index (χ0n) is 11.9. The summed E-state index contributed by atoms with van der Waals surface area (Å²) in [5.41, 5.74) is -0.406. The van der Waals surface area contributed by atoms with Gasteiger partial charge >= 0.3 is 6.18 Å². The summed E-state index contributed by atoms with van der Waals surface area (Å²) in [6.07, 6.45) is -4.51. The van der Waals surface area contributed by atoms with Crippen LogP contribution < -0.4 is 0 Å². The highest BCUT2D eigenvalue weighted by atomic mass is 32.2. The Bertz CT molecular complexity index is 646. The topological polar surface area (TPSA) is 50.4 Å². The van der Waals surface area contributed by atoms with Crippen LogP contribution in [0.4, 0.5) is 13.2 Å². The third kappa shape index (κ3) is 3.49. The predicted molar refractivity (Wildman–Crippen MR) is 74.5 cm³/mol. The Hall–Kier alpha value is -1.28. The van der Waals surface area contributed by atoms with Gasteiger partial charge < -0.3 is 5.11 Å². The summed E-state index contributed by atoms with van der Waals surface area (Å²) in [6, 6.07) is 2.53. The van der Waals surface area contributed by atoms with E-state index in [9.17, 15) is 13.2 Å². The van der Waals surface area contributed by atoms with Gasteiger partial charge in [0.1, 0.15) is 10.7 Å². The largest absolute Gasteiger partial charge is 0.433 e. The van der Waals surface area contributed by atoms with Crippen LogP contribution >= 0.6 is 11.8 Å². The second-order valence-electron chi connectivity index (χ2n) is 5.60. The minimum atomic E-state index is -4.51. The molecule has 0 saturated carbocycles. The molecule has 116 valence electrons. The molecule has 0 spiro atoms. The molecule has 0 bridgehead atoms. The van der Waals surface area contributed by atoms with Gasteiger partial charge in [-0.2, -0.15) is 18.3 Å². The number of hydrogen-bond donors (Lipinski definition) is 1. The van der Waals surface area contributed by atoms with Crippen molar-refractivity contribution in [3.8, 4) is 0 Å². The highest BCUT2D eigenvalue weighted by molar-refractivity contribution is 7.99. The van der Waals surface area contributed by atoms with E-state index in [0.29, 0.717) is 16.5 Å². The minimum absolute atomic E-state index is 0.122. The smallest absolute Gasteiger partial charge is 0.396 e. The van der Waals surface area contributed by atoms with Crippen molar-refractivity contribution < 1.29 is 18.3 Å². The molecule has 2 heterocycles. The Morgan fingerprint density at radius 3 is 2.38 bits per heavy atom. The van der Waals surface area contributed by atoms with Crippen LogP contribution in [0.1, 0.15) is 32.2 Å². The third-order valence-corrected chi connectivity index (χ3v) is 3.77. The molecule has 2 rings (SSSR count). The van der Waals surface area contributed by atoms with Crippen LogP contribution in [0.15, 0.2) is 17.2 Å². The number of aliphatic hydroxyl groups is 1. The molecule has 0 aliphatic heterocycles. The van der Waals surface area contributed by atoms with E-state index in [4.69, 9.17) is 5.11 Å². The van der Waals surface area contributed by atoms with Crippen LogP contribution in [0.3, 0.4) is 0 Å². The lowest BCUT2D eigenvalue weighted by molar-refractivity contribution is -0.141. The maximum atomic E-state index is 12.9. The molecule has 0 aromatic carbocycles. The second-order valence-corrected chi connectivity index (χ2v) is 6.71. The van der Waals surface area contributed by atoms with Crippen molar-refractivity contribution in [2.75, 3.05) is 12.4 Å². The van der Waals surface area contributed by atoms with E-state index in [2.05, 4.69) is 10.1 Å². The lowest BCUT2D eigenvalue weighted by Crippen LogP contribution is -2.12. The molecule has 2 aromatic heterocycles. The van der Waals surface area contributed by atoms with Crippen LogP contribution in [0.25, 0.3) is 5.65 Å². The summed E-state index contributed by atoms with van der Waals surface area (Å²) in [6.45, 7) is 5.67. The summed E-state index contributed by atoms with van der Waals surface area (Å²) < 4.78 is 40.1. The van der Waals surface area contributed by atoms with Crippen molar-refractivity contribution in [2.45, 2.75) is 37.4 Å². The molecule has 21 heavy (non-hydrogen) atoms. The van der Waals surface area contributed by atoms with Gasteiger partial charge in [0, 0.05) is 23.3 Å². The van der Waals surface area contributed by atoms with E-state index in [-0.39, 0.29) is 17.7 Å². The number of aliphatic hydroxyl groups excluding tert-OH is 1. The molecule has 8 heteroatoms. The van der Waals surface area contributed by atoms with Crippen molar-refractivity contribution in [3.63, 3.8) is 0 Å². The van der Waals surface area contributed by atoms with Crippen LogP contribution in [0.2, 0.25) is 0 Å². The van der Waals surface area contributed by atoms with Crippen molar-refractivity contribution >= 4 is 17.4 Å². The van der Waals surface area contributed by atoms with E-state index in [0.717, 1.165) is 17.8 Å². The average Bonchev–Trinajstić information content (AvgIpc) is 2.78. The summed E-state index contributed by atoms with van der Waals surface area (Å²) in [4.78, 5) is 3.65. The standard InChI is InChI=1S/C13H16F3N3OS/c1-12(2,3)8-6-10-17-9(13(14,15)16)7-11(19(10)18-8)21-5-4-20/h6-7,20H,4-5H2,1-3H3. The van der Waals surface area contributed by atoms with E-state index in [1.807, 2.05) is 20.8 Å². The Morgan fingerprint density at radius 1 is 1.19 bits per heavy atom. The molecule has 0 fully saturated rings. The summed E-state index contributed by atoms with van der Waals surface area (Å²) in [5.74, 6) is 0.293. The molecule has 0 amide bonds. The first kappa shape index (κ1) is 16.1. The zero-order valence-corrected chi connectivity index (χ0v) is 12.7. The highest BCUT2D eigenvalue weighted by Gasteiger charge is 2.34. The lowest BCUT2D eigenvalue weighted by Gasteiger charge is -2.13. The first-order valence-electron chi connectivity index (χ1n) is 6.35. The number of thioether (sulfide) groups is 1. The second kappa shape index (κ2) is 5.49. The van der Waals surface area contributed by atoms with Gasteiger partial charge in [-0.25, -0.2) is 9.50 Å². The van der Waals surface area contributed by atoms with Gasteiger partial charge in [-0.05, 0) is 0 Å². The summed E-state index contributed by atoms with van der Waals surface area (Å²) in [7, 11) is 0. The Labute approximate surface area is 124 Å². The SMILES string of the molecule is CC(C)(C)c1cc2nc(C(F)(F)F)cc(SCCO)n2n1. The molecular weight excluding hydrogens is 303 g/mol. The molecule has 2 aromatic rings. The monoisotopic (exact) mass is 319 g/mol. The molecule has 0 radical (unpaired) electrons. The molecular formula is C13H16F3N3OS. The Balaban J connectivity index is 2.62. The van der Waals surface area contributed by atoms with Crippen molar-refractivity contribution in [1.29, 1.82) is 0 Å². The number of rotatable bonds is 3. The van der Waals surface area contributed by atoms with Crippen molar-refractivity contribution in [2.24, 2.45) is 0 Å². The van der Waals surface area contributed by atoms with Crippen LogP contribution in [0.5, 0.6) is 0 Å². The van der Waals surface area contributed by atoms with E-state index >= 15 is 0 Å². The molecule has 1 N–H and O–H groups in total. The normalized spacial score (nSPS) is 13.1. The zero-order chi connectivity index (χ0) is 15.8. The maximum Gasteiger partial charge on any atom is 0.433 e. The number of alkyl halides is 3. The lowest BCUT2D eigenvalue weighted by atomic mass is 9.93. The number of fused-ring (bicyclic) bond motifs is 1. The van der Waals surface area contributed by atoms with Crippen LogP contribution in [-0.4, -0.2) is 32.1 Å². The summed E-state index contributed by atoms with van der Waals surface area (Å²) in [5, 5.41) is 13.5. The van der Waals surface area contributed by atoms with Gasteiger partial charge in [-0.1, -0.05) is 20.8 Å². The third-order valence-electron chi connectivity index (χ3n) is 2.79. The first-order chi connectivity index (χ1) is 9.63. The molecule has 0 saturated heterocycles. The molecule has 0 aliphatic rings. The van der Waals surface area contributed by atoms with Gasteiger partial charge in [0.25, 0.3) is 0 Å². The van der Waals surface area contributed by atoms with Gasteiger partial charge in [0.2, 0.25) is 0 Å². The van der Waals surface area contributed by atoms with Gasteiger partial charge in [-0.15, -0.1) is 11.8 Å². The summed E-state index contributed by atoms with van der Waals surface area (Å²) >= 11 is 1.11. The average molecular weight is 319 g/mol. The fourth-order valence-electron chi connectivity index (χ4n) is 1.71. The van der Waals surface area contributed by atoms with Crippen molar-refractivity contribution in [1.82, 2.24) is 14.6 Å². The fourth-order valence-corrected chi connectivity index (χ4v) is 2.46. The Morgan fingerprint density at radius 2 is 1.86 bits per heavy atom. The van der Waals surface area contributed by atoms with Gasteiger partial charge in [-0.3, -0.25) is 0 Å². The molecule has 4 nitrogen and oxygen atoms in total. The number of aromatic nitrogens is 3. The number of nitrogens with zero attached hydrogens (tertiary/aromatic N) is 3. The number of halogens is 3. The maximum absolute atomic E-state index is 12.9. The molecule has 0 atom stereocenters.